The molecule has 0 aromatic heterocycles. The second-order valence-corrected chi connectivity index (χ2v) is 5.25. The van der Waals surface area contributed by atoms with Gasteiger partial charge in [-0.3, -0.25) is 0 Å². The van der Waals surface area contributed by atoms with Crippen molar-refractivity contribution in [3.63, 3.8) is 0 Å². The third-order valence-electron chi connectivity index (χ3n) is 1.53. The number of carboxylic acid groups (broad SMARTS) is 1. The van der Waals surface area contributed by atoms with Crippen LogP contribution in [0.3, 0.4) is 0 Å². The van der Waals surface area contributed by atoms with Crippen LogP contribution in [0.2, 0.25) is 0 Å². The van der Waals surface area contributed by atoms with Crippen molar-refractivity contribution in [2.75, 3.05) is 11.5 Å². The van der Waals surface area contributed by atoms with Gasteiger partial charge >= 0.3 is 5.97 Å². The van der Waals surface area contributed by atoms with Crippen LogP contribution in [0.4, 0.5) is 0 Å². The zero-order valence-corrected chi connectivity index (χ0v) is 8.43. The number of rotatable bonds is 1. The monoisotopic (exact) mass is 206 g/mol. The molecule has 5 heteroatoms. The summed E-state index contributed by atoms with van der Waals surface area (Å²) in [5.74, 6) is -0.0880. The SMILES string of the molecule is C=C(C)C(=O)O.O=S1(=O)CCCC1. The zero-order chi connectivity index (χ0) is 10.5. The van der Waals surface area contributed by atoms with Crippen molar-refractivity contribution in [1.82, 2.24) is 0 Å². The van der Waals surface area contributed by atoms with E-state index in [1.807, 2.05) is 0 Å². The fourth-order valence-corrected chi connectivity index (χ4v) is 2.24. The number of carboxylic acids is 1. The van der Waals surface area contributed by atoms with Gasteiger partial charge in [-0.1, -0.05) is 6.58 Å². The molecule has 0 spiro atoms. The molecular formula is C8H14O4S. The van der Waals surface area contributed by atoms with E-state index in [0.717, 1.165) is 12.8 Å². The summed E-state index contributed by atoms with van der Waals surface area (Å²) >= 11 is 0. The van der Waals surface area contributed by atoms with E-state index >= 15 is 0 Å². The number of hydrogen-bond donors (Lipinski definition) is 1. The zero-order valence-electron chi connectivity index (χ0n) is 7.62. The molecule has 1 aliphatic rings. The molecule has 0 radical (unpaired) electrons. The lowest BCUT2D eigenvalue weighted by atomic mass is 10.4. The minimum atomic E-state index is -2.55. The molecule has 0 aromatic carbocycles. The average molecular weight is 206 g/mol. The van der Waals surface area contributed by atoms with Gasteiger partial charge in [0.1, 0.15) is 9.84 Å². The standard InChI is InChI=1S/C4H8O2S.C4H6O2/c5-7(6)3-1-2-4-7;1-3(2)4(5)6/h1-4H2;1H2,2H3,(H,5,6). The summed E-state index contributed by atoms with van der Waals surface area (Å²) < 4.78 is 20.9. The summed E-state index contributed by atoms with van der Waals surface area (Å²) in [5.41, 5.74) is 0.176. The van der Waals surface area contributed by atoms with E-state index in [4.69, 9.17) is 5.11 Å². The van der Waals surface area contributed by atoms with Crippen molar-refractivity contribution < 1.29 is 18.3 Å². The summed E-state index contributed by atoms with van der Waals surface area (Å²) in [5, 5.41) is 7.89. The van der Waals surface area contributed by atoms with E-state index in [1.165, 1.54) is 6.92 Å². The summed E-state index contributed by atoms with van der Waals surface area (Å²) in [6.45, 7) is 4.60. The van der Waals surface area contributed by atoms with E-state index < -0.39 is 15.8 Å². The number of carbonyl (C=O) groups is 1. The summed E-state index contributed by atoms with van der Waals surface area (Å²) in [6.07, 6.45) is 1.75. The Kier molecular flexibility index (Phi) is 4.69. The van der Waals surface area contributed by atoms with Crippen molar-refractivity contribution >= 4 is 15.8 Å². The molecule has 0 bridgehead atoms. The van der Waals surface area contributed by atoms with Crippen LogP contribution >= 0.6 is 0 Å². The van der Waals surface area contributed by atoms with Crippen molar-refractivity contribution in [2.45, 2.75) is 19.8 Å². The van der Waals surface area contributed by atoms with Crippen molar-refractivity contribution in [2.24, 2.45) is 0 Å². The van der Waals surface area contributed by atoms with E-state index in [-0.39, 0.29) is 5.57 Å². The van der Waals surface area contributed by atoms with Gasteiger partial charge in [-0.2, -0.15) is 0 Å². The molecule has 1 N–H and O–H groups in total. The van der Waals surface area contributed by atoms with Gasteiger partial charge in [-0.05, 0) is 19.8 Å². The molecule has 1 fully saturated rings. The second kappa shape index (κ2) is 5.01. The summed E-state index contributed by atoms with van der Waals surface area (Å²) in [4.78, 5) is 9.60. The van der Waals surface area contributed by atoms with Crippen LogP contribution in [0.15, 0.2) is 12.2 Å². The van der Waals surface area contributed by atoms with Crippen molar-refractivity contribution in [3.05, 3.63) is 12.2 Å². The minimum absolute atomic E-state index is 0.176. The topological polar surface area (TPSA) is 71.4 Å². The Bertz CT molecular complexity index is 265. The molecule has 0 unspecified atom stereocenters. The maximum absolute atomic E-state index is 10.4. The normalized spacial score (nSPS) is 18.5. The lowest BCUT2D eigenvalue weighted by Gasteiger charge is -1.81. The van der Waals surface area contributed by atoms with E-state index in [1.54, 1.807) is 0 Å². The molecule has 0 saturated carbocycles. The minimum Gasteiger partial charge on any atom is -0.478 e. The van der Waals surface area contributed by atoms with Gasteiger partial charge in [0.25, 0.3) is 0 Å². The molecular weight excluding hydrogens is 192 g/mol. The Hall–Kier alpha value is -0.840. The Morgan fingerprint density at radius 3 is 1.69 bits per heavy atom. The molecule has 1 aliphatic heterocycles. The molecule has 13 heavy (non-hydrogen) atoms. The quantitative estimate of drug-likeness (QED) is 0.645. The lowest BCUT2D eigenvalue weighted by molar-refractivity contribution is -0.132. The first-order chi connectivity index (χ1) is 5.85. The largest absolute Gasteiger partial charge is 0.478 e. The smallest absolute Gasteiger partial charge is 0.330 e. The van der Waals surface area contributed by atoms with Crippen LogP contribution in [-0.4, -0.2) is 31.0 Å². The third kappa shape index (κ3) is 6.33. The average Bonchev–Trinajstić information content (AvgIpc) is 2.35. The highest BCUT2D eigenvalue weighted by atomic mass is 32.2. The van der Waals surface area contributed by atoms with Crippen LogP contribution in [0.25, 0.3) is 0 Å². The third-order valence-corrected chi connectivity index (χ3v) is 3.35. The first-order valence-corrected chi connectivity index (χ1v) is 5.76. The van der Waals surface area contributed by atoms with E-state index in [0.29, 0.717) is 11.5 Å². The summed E-state index contributed by atoms with van der Waals surface area (Å²) in [6, 6.07) is 0. The van der Waals surface area contributed by atoms with Crippen LogP contribution in [-0.2, 0) is 14.6 Å². The molecule has 0 aromatic rings. The molecule has 0 amide bonds. The molecule has 0 aliphatic carbocycles. The highest BCUT2D eigenvalue weighted by molar-refractivity contribution is 7.91. The van der Waals surface area contributed by atoms with Crippen LogP contribution in [0.5, 0.6) is 0 Å². The van der Waals surface area contributed by atoms with Crippen molar-refractivity contribution in [1.29, 1.82) is 0 Å². The predicted molar refractivity (Wildman–Crippen MR) is 50.3 cm³/mol. The van der Waals surface area contributed by atoms with Crippen LogP contribution in [0, 0.1) is 0 Å². The molecule has 1 heterocycles. The van der Waals surface area contributed by atoms with Crippen LogP contribution in [0.1, 0.15) is 19.8 Å². The first-order valence-electron chi connectivity index (χ1n) is 3.94. The molecule has 4 nitrogen and oxygen atoms in total. The molecule has 0 atom stereocenters. The Morgan fingerprint density at radius 1 is 1.31 bits per heavy atom. The first kappa shape index (κ1) is 12.2. The maximum Gasteiger partial charge on any atom is 0.330 e. The number of aliphatic carboxylic acids is 1. The Morgan fingerprint density at radius 2 is 1.62 bits per heavy atom. The van der Waals surface area contributed by atoms with Gasteiger partial charge < -0.3 is 5.11 Å². The van der Waals surface area contributed by atoms with Gasteiger partial charge in [0.05, 0.1) is 11.5 Å². The van der Waals surface area contributed by atoms with E-state index in [9.17, 15) is 13.2 Å². The molecule has 76 valence electrons. The fourth-order valence-electron chi connectivity index (χ4n) is 0.746. The molecule has 1 rings (SSSR count). The number of sulfone groups is 1. The Labute approximate surface area is 78.2 Å². The van der Waals surface area contributed by atoms with Gasteiger partial charge in [0.2, 0.25) is 0 Å². The van der Waals surface area contributed by atoms with Crippen molar-refractivity contribution in [3.8, 4) is 0 Å². The fraction of sp³-hybridized carbons (Fsp3) is 0.625. The maximum atomic E-state index is 10.4. The molecule has 1 saturated heterocycles. The van der Waals surface area contributed by atoms with Gasteiger partial charge in [0.15, 0.2) is 0 Å². The predicted octanol–water partition coefficient (Wildman–Crippen LogP) is 0.842. The highest BCUT2D eigenvalue weighted by Gasteiger charge is 2.16. The Balaban J connectivity index is 0.000000226. The van der Waals surface area contributed by atoms with Gasteiger partial charge in [-0.25, -0.2) is 13.2 Å². The van der Waals surface area contributed by atoms with Gasteiger partial charge in [-0.15, -0.1) is 0 Å². The second-order valence-electron chi connectivity index (χ2n) is 2.94. The number of hydrogen-bond acceptors (Lipinski definition) is 3. The lowest BCUT2D eigenvalue weighted by Crippen LogP contribution is -1.98. The van der Waals surface area contributed by atoms with E-state index in [2.05, 4.69) is 6.58 Å². The van der Waals surface area contributed by atoms with Crippen LogP contribution < -0.4 is 0 Å². The summed E-state index contributed by atoms with van der Waals surface area (Å²) in [7, 11) is -2.55. The van der Waals surface area contributed by atoms with Gasteiger partial charge in [0, 0.05) is 5.57 Å². The highest BCUT2D eigenvalue weighted by Crippen LogP contribution is 2.08.